The lowest BCUT2D eigenvalue weighted by Gasteiger charge is -2.22. The van der Waals surface area contributed by atoms with Crippen LogP contribution in [0.3, 0.4) is 0 Å². The molecule has 0 bridgehead atoms. The Morgan fingerprint density at radius 3 is 2.52 bits per heavy atom. The van der Waals surface area contributed by atoms with Crippen LogP contribution < -0.4 is 11.1 Å². The van der Waals surface area contributed by atoms with Crippen molar-refractivity contribution in [1.29, 1.82) is 0 Å². The summed E-state index contributed by atoms with van der Waals surface area (Å²) >= 11 is 0. The molecule has 0 radical (unpaired) electrons. The lowest BCUT2D eigenvalue weighted by atomic mass is 10.1. The van der Waals surface area contributed by atoms with Crippen LogP contribution in [0.4, 0.5) is 0 Å². The summed E-state index contributed by atoms with van der Waals surface area (Å²) < 4.78 is 1.98. The molecule has 0 aliphatic heterocycles. The summed E-state index contributed by atoms with van der Waals surface area (Å²) in [5.41, 5.74) is 8.05. The summed E-state index contributed by atoms with van der Waals surface area (Å²) in [6.07, 6.45) is 3.91. The highest BCUT2D eigenvalue weighted by molar-refractivity contribution is 5.92. The van der Waals surface area contributed by atoms with Crippen LogP contribution in [0.5, 0.6) is 0 Å². The van der Waals surface area contributed by atoms with E-state index in [4.69, 9.17) is 5.73 Å². The van der Waals surface area contributed by atoms with Crippen molar-refractivity contribution in [2.24, 2.45) is 5.73 Å². The van der Waals surface area contributed by atoms with Crippen LogP contribution in [-0.4, -0.2) is 21.7 Å². The van der Waals surface area contributed by atoms with Gasteiger partial charge in [-0.15, -0.1) is 0 Å². The third kappa shape index (κ3) is 3.92. The molecule has 0 saturated carbocycles. The molecule has 3 N–H and O–H groups in total. The van der Waals surface area contributed by atoms with Gasteiger partial charge in [0.15, 0.2) is 0 Å². The fourth-order valence-corrected chi connectivity index (χ4v) is 2.12. The zero-order valence-electron chi connectivity index (χ0n) is 12.7. The van der Waals surface area contributed by atoms with Crippen LogP contribution in [0.2, 0.25) is 0 Å². The van der Waals surface area contributed by atoms with Gasteiger partial charge in [-0.25, -0.2) is 0 Å². The molecule has 2 atom stereocenters. The topological polar surface area (TPSA) is 72.9 Å². The van der Waals surface area contributed by atoms with Gasteiger partial charge in [0.05, 0.1) is 12.2 Å². The van der Waals surface area contributed by atoms with Crippen LogP contribution >= 0.6 is 0 Å². The number of aromatic nitrogens is 2. The summed E-state index contributed by atoms with van der Waals surface area (Å²) in [6, 6.07) is 7.89. The molecule has 1 aromatic heterocycles. The second-order valence-electron chi connectivity index (χ2n) is 5.47. The van der Waals surface area contributed by atoms with Crippen LogP contribution in [0.15, 0.2) is 36.7 Å². The van der Waals surface area contributed by atoms with Gasteiger partial charge in [0.2, 0.25) is 5.91 Å². The minimum absolute atomic E-state index is 0.267. The van der Waals surface area contributed by atoms with Crippen molar-refractivity contribution in [1.82, 2.24) is 15.1 Å². The quantitative estimate of drug-likeness (QED) is 0.853. The van der Waals surface area contributed by atoms with E-state index in [1.54, 1.807) is 12.1 Å². The highest BCUT2D eigenvalue weighted by Crippen LogP contribution is 2.12. The second kappa shape index (κ2) is 6.54. The van der Waals surface area contributed by atoms with E-state index in [-0.39, 0.29) is 12.1 Å². The normalized spacial score (nSPS) is 13.9. The van der Waals surface area contributed by atoms with Crippen molar-refractivity contribution >= 4 is 5.91 Å². The monoisotopic (exact) mass is 286 g/mol. The molecule has 0 saturated heterocycles. The molecule has 1 amide bonds. The van der Waals surface area contributed by atoms with E-state index >= 15 is 0 Å². The Morgan fingerprint density at radius 1 is 1.33 bits per heavy atom. The van der Waals surface area contributed by atoms with Crippen molar-refractivity contribution in [3.63, 3.8) is 0 Å². The zero-order chi connectivity index (χ0) is 15.4. The molecule has 0 unspecified atom stereocenters. The van der Waals surface area contributed by atoms with Gasteiger partial charge in [-0.3, -0.25) is 9.48 Å². The standard InChI is InChI=1S/C16H22N4O/c1-11-8-19-20(10-11)13(3)12(2)18-9-14-4-6-15(7-5-14)16(17)21/h4-8,10,12-13,18H,9H2,1-3H3,(H2,17,21)/t12-,13-/m1/s1. The van der Waals surface area contributed by atoms with Crippen molar-refractivity contribution in [2.45, 2.75) is 39.4 Å². The van der Waals surface area contributed by atoms with E-state index in [2.05, 4.69) is 24.3 Å². The predicted octanol–water partition coefficient (Wildman–Crippen LogP) is 2.03. The maximum atomic E-state index is 11.0. The van der Waals surface area contributed by atoms with Gasteiger partial charge >= 0.3 is 0 Å². The highest BCUT2D eigenvalue weighted by atomic mass is 16.1. The van der Waals surface area contributed by atoms with Crippen molar-refractivity contribution in [3.8, 4) is 0 Å². The van der Waals surface area contributed by atoms with E-state index in [1.807, 2.05) is 36.1 Å². The summed E-state index contributed by atoms with van der Waals surface area (Å²) in [5.74, 6) is -0.398. The van der Waals surface area contributed by atoms with Crippen molar-refractivity contribution < 1.29 is 4.79 Å². The second-order valence-corrected chi connectivity index (χ2v) is 5.47. The molecule has 2 aromatic rings. The molecule has 0 aliphatic carbocycles. The molecular formula is C16H22N4O. The van der Waals surface area contributed by atoms with Crippen LogP contribution in [0.25, 0.3) is 0 Å². The molecule has 5 nitrogen and oxygen atoms in total. The first-order valence-corrected chi connectivity index (χ1v) is 7.10. The number of nitrogens with one attached hydrogen (secondary N) is 1. The zero-order valence-corrected chi connectivity index (χ0v) is 12.7. The summed E-state index contributed by atoms with van der Waals surface area (Å²) in [6.45, 7) is 7.05. The van der Waals surface area contributed by atoms with E-state index in [0.29, 0.717) is 5.56 Å². The maximum Gasteiger partial charge on any atom is 0.248 e. The number of hydrogen-bond donors (Lipinski definition) is 2. The number of nitrogens with zero attached hydrogens (tertiary/aromatic N) is 2. The number of nitrogens with two attached hydrogens (primary N) is 1. The third-order valence-electron chi connectivity index (χ3n) is 3.74. The fraction of sp³-hybridized carbons (Fsp3) is 0.375. The predicted molar refractivity (Wildman–Crippen MR) is 82.9 cm³/mol. The van der Waals surface area contributed by atoms with E-state index in [9.17, 15) is 4.79 Å². The number of carbonyl (C=O) groups excluding carboxylic acids is 1. The summed E-state index contributed by atoms with van der Waals surface area (Å²) in [7, 11) is 0. The van der Waals surface area contributed by atoms with Crippen LogP contribution in [0, 0.1) is 6.92 Å². The number of aryl methyl sites for hydroxylation is 1. The first-order chi connectivity index (χ1) is 9.97. The Hall–Kier alpha value is -2.14. The molecule has 0 fully saturated rings. The molecule has 1 heterocycles. The van der Waals surface area contributed by atoms with Gasteiger partial charge in [0, 0.05) is 24.3 Å². The summed E-state index contributed by atoms with van der Waals surface area (Å²) in [4.78, 5) is 11.0. The van der Waals surface area contributed by atoms with E-state index in [0.717, 1.165) is 17.7 Å². The molecule has 112 valence electrons. The lowest BCUT2D eigenvalue weighted by Crippen LogP contribution is -2.33. The fourth-order valence-electron chi connectivity index (χ4n) is 2.12. The number of rotatable bonds is 6. The molecule has 21 heavy (non-hydrogen) atoms. The number of hydrogen-bond acceptors (Lipinski definition) is 3. The minimum Gasteiger partial charge on any atom is -0.366 e. The van der Waals surface area contributed by atoms with Gasteiger partial charge in [-0.1, -0.05) is 12.1 Å². The largest absolute Gasteiger partial charge is 0.366 e. The average Bonchev–Trinajstić information content (AvgIpc) is 2.91. The smallest absolute Gasteiger partial charge is 0.248 e. The van der Waals surface area contributed by atoms with Crippen molar-refractivity contribution in [2.75, 3.05) is 0 Å². The number of benzene rings is 1. The Kier molecular flexibility index (Phi) is 4.75. The Morgan fingerprint density at radius 2 is 2.00 bits per heavy atom. The SMILES string of the molecule is Cc1cnn([C@H](C)[C@@H](C)NCc2ccc(C(N)=O)cc2)c1. The average molecular weight is 286 g/mol. The van der Waals surface area contributed by atoms with E-state index < -0.39 is 5.91 Å². The maximum absolute atomic E-state index is 11.0. The molecule has 2 rings (SSSR count). The molecule has 1 aromatic carbocycles. The Bertz CT molecular complexity index is 603. The molecule has 0 aliphatic rings. The summed E-state index contributed by atoms with van der Waals surface area (Å²) in [5, 5.41) is 7.83. The number of primary amides is 1. The highest BCUT2D eigenvalue weighted by Gasteiger charge is 2.14. The van der Waals surface area contributed by atoms with Crippen molar-refractivity contribution in [3.05, 3.63) is 53.3 Å². The Balaban J connectivity index is 1.91. The van der Waals surface area contributed by atoms with E-state index in [1.165, 1.54) is 0 Å². The van der Waals surface area contributed by atoms with Gasteiger partial charge in [-0.05, 0) is 44.0 Å². The first-order valence-electron chi connectivity index (χ1n) is 7.10. The van der Waals surface area contributed by atoms with Crippen LogP contribution in [0.1, 0.15) is 41.4 Å². The third-order valence-corrected chi connectivity index (χ3v) is 3.74. The molecule has 5 heteroatoms. The van der Waals surface area contributed by atoms with Gasteiger partial charge in [-0.2, -0.15) is 5.10 Å². The number of carbonyl (C=O) groups is 1. The lowest BCUT2D eigenvalue weighted by molar-refractivity contribution is 0.100. The van der Waals surface area contributed by atoms with Gasteiger partial charge in [0.25, 0.3) is 0 Å². The Labute approximate surface area is 125 Å². The first kappa shape index (κ1) is 15.3. The molecular weight excluding hydrogens is 264 g/mol. The van der Waals surface area contributed by atoms with Gasteiger partial charge in [0.1, 0.15) is 0 Å². The number of amides is 1. The van der Waals surface area contributed by atoms with Gasteiger partial charge < -0.3 is 11.1 Å². The molecule has 0 spiro atoms. The minimum atomic E-state index is -0.398. The van der Waals surface area contributed by atoms with Crippen LogP contribution in [-0.2, 0) is 6.54 Å².